The van der Waals surface area contributed by atoms with Crippen molar-refractivity contribution < 1.29 is 4.79 Å². The van der Waals surface area contributed by atoms with Crippen molar-refractivity contribution in [1.82, 2.24) is 4.98 Å². The number of halogens is 1. The first-order chi connectivity index (χ1) is 4.74. The quantitative estimate of drug-likeness (QED) is 0.683. The van der Waals surface area contributed by atoms with Crippen molar-refractivity contribution in [2.24, 2.45) is 5.73 Å². The number of hydrogen-bond acceptors (Lipinski definition) is 3. The second-order valence-corrected chi connectivity index (χ2v) is 2.77. The summed E-state index contributed by atoms with van der Waals surface area (Å²) in [5.41, 5.74) is 5.64. The Morgan fingerprint density at radius 3 is 2.90 bits per heavy atom. The average Bonchev–Trinajstić information content (AvgIpc) is 2.34. The Morgan fingerprint density at radius 1 is 1.90 bits per heavy atom. The molecule has 0 saturated heterocycles. The molecule has 0 fully saturated rings. The van der Waals surface area contributed by atoms with Gasteiger partial charge in [-0.05, 0) is 0 Å². The van der Waals surface area contributed by atoms with E-state index < -0.39 is 5.91 Å². The number of aromatic nitrogens is 1. The second kappa shape index (κ2) is 2.98. The van der Waals surface area contributed by atoms with E-state index in [0.29, 0.717) is 16.6 Å². The Morgan fingerprint density at radius 2 is 2.60 bits per heavy atom. The van der Waals surface area contributed by atoms with E-state index in [1.807, 2.05) is 0 Å². The molecular weight excluding hydrogens is 172 g/mol. The molecule has 0 aliphatic rings. The highest BCUT2D eigenvalue weighted by atomic mass is 35.5. The van der Waals surface area contributed by atoms with E-state index in [2.05, 4.69) is 4.98 Å². The number of thiazole rings is 1. The van der Waals surface area contributed by atoms with Crippen LogP contribution in [0.3, 0.4) is 0 Å². The van der Waals surface area contributed by atoms with Crippen LogP contribution in [0.4, 0.5) is 0 Å². The van der Waals surface area contributed by atoms with E-state index in [9.17, 15) is 4.79 Å². The summed E-state index contributed by atoms with van der Waals surface area (Å²) < 4.78 is 0. The lowest BCUT2D eigenvalue weighted by Crippen LogP contribution is -2.10. The summed E-state index contributed by atoms with van der Waals surface area (Å²) in [4.78, 5) is 14.3. The highest BCUT2D eigenvalue weighted by Crippen LogP contribution is 2.10. The third kappa shape index (κ3) is 1.46. The van der Waals surface area contributed by atoms with Gasteiger partial charge in [0.1, 0.15) is 0 Å². The fraction of sp³-hybridized carbons (Fsp3) is 0.200. The Bertz CT molecular complexity index is 248. The zero-order valence-corrected chi connectivity index (χ0v) is 6.58. The number of carbonyl (C=O) groups is 1. The van der Waals surface area contributed by atoms with E-state index >= 15 is 0 Å². The maximum absolute atomic E-state index is 10.5. The molecular formula is C5H5ClN2OS. The number of alkyl halides is 1. The Labute approximate surface area is 66.8 Å². The van der Waals surface area contributed by atoms with Gasteiger partial charge in [-0.15, -0.1) is 22.9 Å². The topological polar surface area (TPSA) is 56.0 Å². The maximum atomic E-state index is 10.5. The third-order valence-electron chi connectivity index (χ3n) is 0.899. The molecule has 54 valence electrons. The van der Waals surface area contributed by atoms with Crippen LogP contribution >= 0.6 is 22.9 Å². The van der Waals surface area contributed by atoms with Crippen molar-refractivity contribution in [3.63, 3.8) is 0 Å². The summed E-state index contributed by atoms with van der Waals surface area (Å²) in [5.74, 6) is -0.176. The van der Waals surface area contributed by atoms with Gasteiger partial charge in [-0.3, -0.25) is 4.79 Å². The van der Waals surface area contributed by atoms with Gasteiger partial charge < -0.3 is 5.73 Å². The molecule has 3 nitrogen and oxygen atoms in total. The lowest BCUT2D eigenvalue weighted by molar-refractivity contribution is 0.1000. The zero-order valence-electron chi connectivity index (χ0n) is 5.00. The summed E-state index contributed by atoms with van der Waals surface area (Å²) in [7, 11) is 0. The van der Waals surface area contributed by atoms with Gasteiger partial charge >= 0.3 is 0 Å². The molecule has 5 heteroatoms. The molecule has 0 atom stereocenters. The van der Waals surface area contributed by atoms with Crippen molar-refractivity contribution in [3.05, 3.63) is 16.1 Å². The third-order valence-corrected chi connectivity index (χ3v) is 2.08. The number of rotatable bonds is 2. The highest BCUT2D eigenvalue weighted by molar-refractivity contribution is 7.11. The number of carbonyl (C=O) groups excluding carboxylic acids is 1. The van der Waals surface area contributed by atoms with Gasteiger partial charge in [0.25, 0.3) is 5.91 Å². The van der Waals surface area contributed by atoms with E-state index in [0.717, 1.165) is 0 Å². The molecule has 1 heterocycles. The molecule has 1 amide bonds. The van der Waals surface area contributed by atoms with Crippen LogP contribution in [0.5, 0.6) is 0 Å². The molecule has 0 saturated carbocycles. The lowest BCUT2D eigenvalue weighted by atomic mass is 10.6. The van der Waals surface area contributed by atoms with E-state index in [1.54, 1.807) is 5.38 Å². The van der Waals surface area contributed by atoms with Crippen LogP contribution in [0, 0.1) is 0 Å². The normalized spacial score (nSPS) is 9.70. The standard InChI is InChI=1S/C5H5ClN2OS/c6-1-3-2-10-5(8-3)4(7)9/h2H,1H2,(H2,7,9). The van der Waals surface area contributed by atoms with Crippen molar-refractivity contribution in [2.75, 3.05) is 0 Å². The van der Waals surface area contributed by atoms with Gasteiger partial charge in [0.2, 0.25) is 0 Å². The molecule has 0 radical (unpaired) electrons. The molecule has 10 heavy (non-hydrogen) atoms. The molecule has 0 aliphatic carbocycles. The maximum Gasteiger partial charge on any atom is 0.277 e. The minimum Gasteiger partial charge on any atom is -0.364 e. The number of hydrogen-bond donors (Lipinski definition) is 1. The summed E-state index contributed by atoms with van der Waals surface area (Å²) >= 11 is 6.65. The second-order valence-electron chi connectivity index (χ2n) is 1.64. The number of amides is 1. The molecule has 1 aromatic heterocycles. The van der Waals surface area contributed by atoms with E-state index in [4.69, 9.17) is 17.3 Å². The Balaban J connectivity index is 2.88. The summed E-state index contributed by atoms with van der Waals surface area (Å²) in [6, 6.07) is 0. The number of primary amides is 1. The molecule has 1 aromatic rings. The summed E-state index contributed by atoms with van der Waals surface area (Å²) in [6.07, 6.45) is 0. The SMILES string of the molecule is NC(=O)c1nc(CCl)cs1. The Kier molecular flexibility index (Phi) is 2.24. The monoisotopic (exact) mass is 176 g/mol. The van der Waals surface area contributed by atoms with Gasteiger partial charge in [0, 0.05) is 5.38 Å². The fourth-order valence-electron chi connectivity index (χ4n) is 0.482. The predicted molar refractivity (Wildman–Crippen MR) is 40.2 cm³/mol. The number of nitrogens with zero attached hydrogens (tertiary/aromatic N) is 1. The van der Waals surface area contributed by atoms with Crippen molar-refractivity contribution in [3.8, 4) is 0 Å². The molecule has 0 unspecified atom stereocenters. The zero-order chi connectivity index (χ0) is 7.56. The van der Waals surface area contributed by atoms with Crippen LogP contribution in [0.1, 0.15) is 15.5 Å². The summed E-state index contributed by atoms with van der Waals surface area (Å²) in [5, 5.41) is 2.03. The van der Waals surface area contributed by atoms with E-state index in [1.165, 1.54) is 11.3 Å². The first-order valence-corrected chi connectivity index (χ1v) is 3.95. The highest BCUT2D eigenvalue weighted by Gasteiger charge is 2.04. The molecule has 0 aliphatic heterocycles. The fourth-order valence-corrected chi connectivity index (χ4v) is 1.38. The minimum atomic E-state index is -0.499. The van der Waals surface area contributed by atoms with Crippen molar-refractivity contribution >= 4 is 28.8 Å². The number of nitrogens with two attached hydrogens (primary N) is 1. The van der Waals surface area contributed by atoms with Crippen LogP contribution in [0.2, 0.25) is 0 Å². The molecule has 0 spiro atoms. The van der Waals surface area contributed by atoms with Gasteiger partial charge in [-0.2, -0.15) is 0 Å². The van der Waals surface area contributed by atoms with Crippen LogP contribution in [0.15, 0.2) is 5.38 Å². The lowest BCUT2D eigenvalue weighted by Gasteiger charge is -1.82. The van der Waals surface area contributed by atoms with Crippen molar-refractivity contribution in [1.29, 1.82) is 0 Å². The largest absolute Gasteiger partial charge is 0.364 e. The van der Waals surface area contributed by atoms with Crippen LogP contribution in [0.25, 0.3) is 0 Å². The first-order valence-electron chi connectivity index (χ1n) is 2.54. The molecule has 2 N–H and O–H groups in total. The average molecular weight is 177 g/mol. The van der Waals surface area contributed by atoms with Crippen LogP contribution in [-0.2, 0) is 5.88 Å². The predicted octanol–water partition coefficient (Wildman–Crippen LogP) is 0.981. The molecule has 0 bridgehead atoms. The van der Waals surface area contributed by atoms with E-state index in [-0.39, 0.29) is 0 Å². The molecule has 0 aromatic carbocycles. The molecule has 1 rings (SSSR count). The first kappa shape index (κ1) is 7.50. The van der Waals surface area contributed by atoms with Gasteiger partial charge in [0.05, 0.1) is 11.6 Å². The smallest absolute Gasteiger partial charge is 0.277 e. The Hall–Kier alpha value is -0.610. The van der Waals surface area contributed by atoms with Gasteiger partial charge in [-0.25, -0.2) is 4.98 Å². The van der Waals surface area contributed by atoms with Crippen LogP contribution in [-0.4, -0.2) is 10.9 Å². The van der Waals surface area contributed by atoms with Gasteiger partial charge in [0.15, 0.2) is 5.01 Å². The minimum absolute atomic E-state index is 0.315. The van der Waals surface area contributed by atoms with Gasteiger partial charge in [-0.1, -0.05) is 0 Å². The van der Waals surface area contributed by atoms with Crippen molar-refractivity contribution in [2.45, 2.75) is 5.88 Å². The summed E-state index contributed by atoms with van der Waals surface area (Å²) in [6.45, 7) is 0. The van der Waals surface area contributed by atoms with Crippen LogP contribution < -0.4 is 5.73 Å².